The molecular weight excluding hydrogens is 240 g/mol. The van der Waals surface area contributed by atoms with Gasteiger partial charge in [-0.2, -0.15) is 0 Å². The molecule has 0 saturated heterocycles. The van der Waals surface area contributed by atoms with Crippen molar-refractivity contribution in [1.29, 1.82) is 0 Å². The minimum atomic E-state index is 0.541. The second kappa shape index (κ2) is 7.82. The molecule has 1 aromatic rings. The van der Waals surface area contributed by atoms with Crippen molar-refractivity contribution in [3.05, 3.63) is 29.8 Å². The molecule has 0 bridgehead atoms. The molecule has 1 aromatic carbocycles. The number of hydrogen-bond donors (Lipinski definition) is 1. The number of nitrogens with zero attached hydrogens (tertiary/aromatic N) is 1. The first-order valence-corrected chi connectivity index (χ1v) is 7.56. The van der Waals surface area contributed by atoms with Crippen molar-refractivity contribution in [2.75, 3.05) is 13.6 Å². The van der Waals surface area contributed by atoms with E-state index in [-0.39, 0.29) is 0 Å². The maximum Gasteiger partial charge on any atom is 0.0233 e. The Morgan fingerprint density at radius 2 is 1.78 bits per heavy atom. The SMILES string of the molecule is CC(C)Sc1ccc(CN(C)C(C)CCN)cc1. The van der Waals surface area contributed by atoms with Gasteiger partial charge in [0.15, 0.2) is 0 Å². The van der Waals surface area contributed by atoms with Crippen molar-refractivity contribution in [3.63, 3.8) is 0 Å². The van der Waals surface area contributed by atoms with E-state index in [4.69, 9.17) is 5.73 Å². The van der Waals surface area contributed by atoms with Crippen LogP contribution in [0.4, 0.5) is 0 Å². The second-order valence-electron chi connectivity index (χ2n) is 5.15. The van der Waals surface area contributed by atoms with Crippen molar-refractivity contribution >= 4 is 11.8 Å². The number of thioether (sulfide) groups is 1. The molecular formula is C15H26N2S. The zero-order valence-corrected chi connectivity index (χ0v) is 12.8. The van der Waals surface area contributed by atoms with E-state index in [0.29, 0.717) is 11.3 Å². The lowest BCUT2D eigenvalue weighted by Gasteiger charge is -2.24. The molecule has 2 N–H and O–H groups in total. The monoisotopic (exact) mass is 266 g/mol. The van der Waals surface area contributed by atoms with E-state index >= 15 is 0 Å². The molecule has 3 heteroatoms. The summed E-state index contributed by atoms with van der Waals surface area (Å²) >= 11 is 1.91. The van der Waals surface area contributed by atoms with E-state index < -0.39 is 0 Å². The highest BCUT2D eigenvalue weighted by Gasteiger charge is 2.08. The highest BCUT2D eigenvalue weighted by Crippen LogP contribution is 2.23. The normalized spacial score (nSPS) is 13.3. The van der Waals surface area contributed by atoms with Crippen LogP contribution in [0.2, 0.25) is 0 Å². The zero-order valence-electron chi connectivity index (χ0n) is 12.0. The summed E-state index contributed by atoms with van der Waals surface area (Å²) in [7, 11) is 2.16. The lowest BCUT2D eigenvalue weighted by atomic mass is 10.1. The quantitative estimate of drug-likeness (QED) is 0.767. The molecule has 0 heterocycles. The van der Waals surface area contributed by atoms with Crippen molar-refractivity contribution in [2.24, 2.45) is 5.73 Å². The standard InChI is InChI=1S/C15H26N2S/c1-12(2)18-15-7-5-14(6-8-15)11-17(4)13(3)9-10-16/h5-8,12-13H,9-11,16H2,1-4H3. The number of nitrogens with two attached hydrogens (primary N) is 1. The maximum absolute atomic E-state index is 5.60. The van der Waals surface area contributed by atoms with E-state index in [0.717, 1.165) is 19.5 Å². The summed E-state index contributed by atoms with van der Waals surface area (Å²) in [6.07, 6.45) is 1.05. The highest BCUT2D eigenvalue weighted by atomic mass is 32.2. The van der Waals surface area contributed by atoms with Gasteiger partial charge in [0.2, 0.25) is 0 Å². The summed E-state index contributed by atoms with van der Waals surface area (Å²) < 4.78 is 0. The van der Waals surface area contributed by atoms with Gasteiger partial charge in [-0.05, 0) is 44.6 Å². The first-order chi connectivity index (χ1) is 8.52. The van der Waals surface area contributed by atoms with Gasteiger partial charge in [-0.25, -0.2) is 0 Å². The van der Waals surface area contributed by atoms with Gasteiger partial charge in [0.25, 0.3) is 0 Å². The molecule has 2 nitrogen and oxygen atoms in total. The highest BCUT2D eigenvalue weighted by molar-refractivity contribution is 7.99. The van der Waals surface area contributed by atoms with Crippen LogP contribution in [-0.4, -0.2) is 29.8 Å². The predicted octanol–water partition coefficient (Wildman–Crippen LogP) is 3.36. The summed E-state index contributed by atoms with van der Waals surface area (Å²) in [5, 5.41) is 0.642. The molecule has 0 aliphatic carbocycles. The van der Waals surface area contributed by atoms with Gasteiger partial charge < -0.3 is 5.73 Å². The van der Waals surface area contributed by atoms with Crippen LogP contribution in [-0.2, 0) is 6.54 Å². The Kier molecular flexibility index (Phi) is 6.76. The van der Waals surface area contributed by atoms with Crippen molar-refractivity contribution < 1.29 is 0 Å². The number of rotatable bonds is 7. The average Bonchev–Trinajstić information content (AvgIpc) is 2.31. The zero-order chi connectivity index (χ0) is 13.5. The Balaban J connectivity index is 2.52. The second-order valence-corrected chi connectivity index (χ2v) is 6.80. The van der Waals surface area contributed by atoms with Gasteiger partial charge in [-0.3, -0.25) is 4.90 Å². The maximum atomic E-state index is 5.60. The van der Waals surface area contributed by atoms with Crippen LogP contribution < -0.4 is 5.73 Å². The van der Waals surface area contributed by atoms with E-state index in [1.165, 1.54) is 10.5 Å². The molecule has 1 unspecified atom stereocenters. The molecule has 0 spiro atoms. The van der Waals surface area contributed by atoms with Gasteiger partial charge in [0.1, 0.15) is 0 Å². The van der Waals surface area contributed by atoms with Crippen LogP contribution in [0.3, 0.4) is 0 Å². The summed E-state index contributed by atoms with van der Waals surface area (Å²) in [5.41, 5.74) is 6.97. The van der Waals surface area contributed by atoms with Crippen LogP contribution in [0, 0.1) is 0 Å². The first kappa shape index (κ1) is 15.5. The Morgan fingerprint density at radius 3 is 2.28 bits per heavy atom. The molecule has 0 fully saturated rings. The fraction of sp³-hybridized carbons (Fsp3) is 0.600. The fourth-order valence-corrected chi connectivity index (χ4v) is 2.69. The third-order valence-electron chi connectivity index (χ3n) is 3.06. The summed E-state index contributed by atoms with van der Waals surface area (Å²) in [6, 6.07) is 9.45. The molecule has 102 valence electrons. The largest absolute Gasteiger partial charge is 0.330 e. The molecule has 0 saturated carbocycles. The van der Waals surface area contributed by atoms with Crippen LogP contribution >= 0.6 is 11.8 Å². The summed E-state index contributed by atoms with van der Waals surface area (Å²) in [6.45, 7) is 8.43. The van der Waals surface area contributed by atoms with Crippen molar-refractivity contribution in [2.45, 2.75) is 49.9 Å². The summed E-state index contributed by atoms with van der Waals surface area (Å²) in [4.78, 5) is 3.71. The van der Waals surface area contributed by atoms with Crippen LogP contribution in [0.1, 0.15) is 32.8 Å². The lowest BCUT2D eigenvalue weighted by Crippen LogP contribution is -2.30. The van der Waals surface area contributed by atoms with E-state index in [1.807, 2.05) is 11.8 Å². The Bertz CT molecular complexity index is 335. The van der Waals surface area contributed by atoms with Gasteiger partial charge >= 0.3 is 0 Å². The van der Waals surface area contributed by atoms with E-state index in [1.54, 1.807) is 0 Å². The van der Waals surface area contributed by atoms with E-state index in [9.17, 15) is 0 Å². The lowest BCUT2D eigenvalue weighted by molar-refractivity contribution is 0.240. The van der Waals surface area contributed by atoms with Gasteiger partial charge in [0, 0.05) is 22.7 Å². The van der Waals surface area contributed by atoms with Gasteiger partial charge in [-0.15, -0.1) is 11.8 Å². The first-order valence-electron chi connectivity index (χ1n) is 6.68. The molecule has 1 rings (SSSR count). The van der Waals surface area contributed by atoms with Crippen LogP contribution in [0.25, 0.3) is 0 Å². The van der Waals surface area contributed by atoms with E-state index in [2.05, 4.69) is 57.0 Å². The topological polar surface area (TPSA) is 29.3 Å². The Morgan fingerprint density at radius 1 is 1.17 bits per heavy atom. The van der Waals surface area contributed by atoms with Gasteiger partial charge in [-0.1, -0.05) is 26.0 Å². The molecule has 0 aliphatic heterocycles. The number of benzene rings is 1. The Hall–Kier alpha value is -0.510. The van der Waals surface area contributed by atoms with Crippen LogP contribution in [0.15, 0.2) is 29.2 Å². The fourth-order valence-electron chi connectivity index (χ4n) is 1.85. The van der Waals surface area contributed by atoms with Gasteiger partial charge in [0.05, 0.1) is 0 Å². The van der Waals surface area contributed by atoms with Crippen molar-refractivity contribution in [1.82, 2.24) is 4.90 Å². The Labute approximate surface area is 116 Å². The molecule has 1 atom stereocenters. The smallest absolute Gasteiger partial charge is 0.0233 e. The minimum Gasteiger partial charge on any atom is -0.330 e. The molecule has 0 aromatic heterocycles. The average molecular weight is 266 g/mol. The minimum absolute atomic E-state index is 0.541. The third-order valence-corrected chi connectivity index (χ3v) is 4.08. The van der Waals surface area contributed by atoms with Crippen LogP contribution in [0.5, 0.6) is 0 Å². The number of hydrogen-bond acceptors (Lipinski definition) is 3. The summed E-state index contributed by atoms with van der Waals surface area (Å²) in [5.74, 6) is 0. The molecule has 0 radical (unpaired) electrons. The molecule has 0 aliphatic rings. The molecule has 0 amide bonds. The molecule has 18 heavy (non-hydrogen) atoms. The van der Waals surface area contributed by atoms with Crippen molar-refractivity contribution in [3.8, 4) is 0 Å². The third kappa shape index (κ3) is 5.42. The predicted molar refractivity (Wildman–Crippen MR) is 82.0 cm³/mol.